The van der Waals surface area contributed by atoms with Crippen LogP contribution >= 0.6 is 0 Å². The Morgan fingerprint density at radius 2 is 2.10 bits per heavy atom. The molecular formula is C16H23NO3. The Morgan fingerprint density at radius 3 is 2.70 bits per heavy atom. The van der Waals surface area contributed by atoms with E-state index in [1.165, 1.54) is 5.56 Å². The third-order valence-corrected chi connectivity index (χ3v) is 4.12. The predicted octanol–water partition coefficient (Wildman–Crippen LogP) is 2.21. The molecule has 3 unspecified atom stereocenters. The molecule has 1 heterocycles. The van der Waals surface area contributed by atoms with Crippen LogP contribution in [0, 0.1) is 5.92 Å². The SMILES string of the molecule is CCN(CC(C)c1ccccc1)C1COCC1C(=O)O. The Kier molecular flexibility index (Phi) is 5.15. The number of rotatable bonds is 6. The highest BCUT2D eigenvalue weighted by molar-refractivity contribution is 5.71. The maximum Gasteiger partial charge on any atom is 0.310 e. The smallest absolute Gasteiger partial charge is 0.310 e. The van der Waals surface area contributed by atoms with Crippen molar-refractivity contribution in [2.24, 2.45) is 5.92 Å². The molecule has 20 heavy (non-hydrogen) atoms. The predicted molar refractivity (Wildman–Crippen MR) is 77.8 cm³/mol. The van der Waals surface area contributed by atoms with Crippen molar-refractivity contribution in [3.8, 4) is 0 Å². The second-order valence-electron chi connectivity index (χ2n) is 5.45. The zero-order valence-electron chi connectivity index (χ0n) is 12.2. The molecule has 0 aliphatic carbocycles. The molecule has 0 spiro atoms. The van der Waals surface area contributed by atoms with E-state index in [4.69, 9.17) is 4.74 Å². The van der Waals surface area contributed by atoms with Crippen molar-refractivity contribution in [2.75, 3.05) is 26.3 Å². The highest BCUT2D eigenvalue weighted by Gasteiger charge is 2.37. The monoisotopic (exact) mass is 277 g/mol. The van der Waals surface area contributed by atoms with Gasteiger partial charge in [-0.1, -0.05) is 44.2 Å². The van der Waals surface area contributed by atoms with E-state index in [9.17, 15) is 9.90 Å². The normalized spacial score (nSPS) is 23.9. The largest absolute Gasteiger partial charge is 0.481 e. The molecule has 0 amide bonds. The number of hydrogen-bond donors (Lipinski definition) is 1. The molecule has 110 valence electrons. The summed E-state index contributed by atoms with van der Waals surface area (Å²) in [5.74, 6) is -0.776. The number of likely N-dealkylation sites (N-methyl/N-ethyl adjacent to an activating group) is 1. The zero-order valence-corrected chi connectivity index (χ0v) is 12.2. The van der Waals surface area contributed by atoms with Crippen molar-refractivity contribution in [2.45, 2.75) is 25.8 Å². The van der Waals surface area contributed by atoms with Gasteiger partial charge in [-0.3, -0.25) is 9.69 Å². The van der Waals surface area contributed by atoms with Crippen LogP contribution in [0.2, 0.25) is 0 Å². The van der Waals surface area contributed by atoms with Crippen LogP contribution in [0.5, 0.6) is 0 Å². The number of carboxylic acid groups (broad SMARTS) is 1. The minimum atomic E-state index is -0.752. The standard InChI is InChI=1S/C16H23NO3/c1-3-17(15-11-20-10-14(15)16(18)19)9-12(2)13-7-5-4-6-8-13/h4-8,12,14-15H,3,9-11H2,1-2H3,(H,18,19). The van der Waals surface area contributed by atoms with E-state index in [1.54, 1.807) is 0 Å². The van der Waals surface area contributed by atoms with Crippen LogP contribution in [0.15, 0.2) is 30.3 Å². The van der Waals surface area contributed by atoms with Crippen LogP contribution in [-0.2, 0) is 9.53 Å². The zero-order chi connectivity index (χ0) is 14.5. The quantitative estimate of drug-likeness (QED) is 0.866. The molecule has 0 radical (unpaired) electrons. The third-order valence-electron chi connectivity index (χ3n) is 4.12. The van der Waals surface area contributed by atoms with E-state index in [1.807, 2.05) is 18.2 Å². The van der Waals surface area contributed by atoms with E-state index in [0.29, 0.717) is 19.1 Å². The van der Waals surface area contributed by atoms with Crippen molar-refractivity contribution < 1.29 is 14.6 Å². The van der Waals surface area contributed by atoms with Gasteiger partial charge in [-0.2, -0.15) is 0 Å². The fraction of sp³-hybridized carbons (Fsp3) is 0.562. The van der Waals surface area contributed by atoms with Crippen molar-refractivity contribution in [3.63, 3.8) is 0 Å². The summed E-state index contributed by atoms with van der Waals surface area (Å²) >= 11 is 0. The van der Waals surface area contributed by atoms with Crippen molar-refractivity contribution in [1.29, 1.82) is 0 Å². The molecule has 1 aromatic rings. The molecule has 1 saturated heterocycles. The summed E-state index contributed by atoms with van der Waals surface area (Å²) in [5.41, 5.74) is 1.29. The van der Waals surface area contributed by atoms with Gasteiger partial charge in [0.1, 0.15) is 0 Å². The lowest BCUT2D eigenvalue weighted by Crippen LogP contribution is -2.44. The summed E-state index contributed by atoms with van der Waals surface area (Å²) in [7, 11) is 0. The molecule has 1 fully saturated rings. The number of hydrogen-bond acceptors (Lipinski definition) is 3. The Hall–Kier alpha value is -1.39. The molecule has 4 nitrogen and oxygen atoms in total. The highest BCUT2D eigenvalue weighted by Crippen LogP contribution is 2.23. The molecule has 0 saturated carbocycles. The highest BCUT2D eigenvalue weighted by atomic mass is 16.5. The summed E-state index contributed by atoms with van der Waals surface area (Å²) in [5, 5.41) is 9.27. The van der Waals surface area contributed by atoms with Crippen LogP contribution in [0.3, 0.4) is 0 Å². The van der Waals surface area contributed by atoms with Gasteiger partial charge in [0.05, 0.1) is 19.1 Å². The van der Waals surface area contributed by atoms with Crippen LogP contribution in [-0.4, -0.2) is 48.3 Å². The fourth-order valence-corrected chi connectivity index (χ4v) is 2.88. The van der Waals surface area contributed by atoms with Gasteiger partial charge in [-0.25, -0.2) is 0 Å². The second-order valence-corrected chi connectivity index (χ2v) is 5.45. The molecule has 1 aromatic carbocycles. The van der Waals surface area contributed by atoms with Gasteiger partial charge in [-0.05, 0) is 18.0 Å². The second kappa shape index (κ2) is 6.86. The van der Waals surface area contributed by atoms with Crippen LogP contribution in [0.4, 0.5) is 0 Å². The lowest BCUT2D eigenvalue weighted by atomic mass is 9.97. The van der Waals surface area contributed by atoms with E-state index in [2.05, 4.69) is 30.9 Å². The van der Waals surface area contributed by atoms with Crippen molar-refractivity contribution >= 4 is 5.97 Å². The van der Waals surface area contributed by atoms with Crippen LogP contribution in [0.25, 0.3) is 0 Å². The number of aliphatic carboxylic acids is 1. The molecule has 1 aliphatic heterocycles. The fourth-order valence-electron chi connectivity index (χ4n) is 2.88. The van der Waals surface area contributed by atoms with Gasteiger partial charge in [-0.15, -0.1) is 0 Å². The van der Waals surface area contributed by atoms with E-state index < -0.39 is 11.9 Å². The first kappa shape index (κ1) is 15.0. The summed E-state index contributed by atoms with van der Waals surface area (Å²) in [6.45, 7) is 6.81. The van der Waals surface area contributed by atoms with E-state index in [0.717, 1.165) is 13.1 Å². The first-order chi connectivity index (χ1) is 9.63. The minimum absolute atomic E-state index is 0.0105. The molecule has 2 rings (SSSR count). The van der Waals surface area contributed by atoms with Gasteiger partial charge in [0, 0.05) is 12.6 Å². The molecule has 0 aromatic heterocycles. The lowest BCUT2D eigenvalue weighted by Gasteiger charge is -2.31. The molecule has 4 heteroatoms. The average molecular weight is 277 g/mol. The Morgan fingerprint density at radius 1 is 1.40 bits per heavy atom. The topological polar surface area (TPSA) is 49.8 Å². The maximum atomic E-state index is 11.3. The van der Waals surface area contributed by atoms with Gasteiger partial charge < -0.3 is 9.84 Å². The summed E-state index contributed by atoms with van der Waals surface area (Å²) in [4.78, 5) is 13.5. The Balaban J connectivity index is 2.03. The van der Waals surface area contributed by atoms with Gasteiger partial charge in [0.2, 0.25) is 0 Å². The number of benzene rings is 1. The Bertz CT molecular complexity index is 435. The number of nitrogens with zero attached hydrogens (tertiary/aromatic N) is 1. The Labute approximate surface area is 120 Å². The molecule has 3 atom stereocenters. The van der Waals surface area contributed by atoms with Crippen LogP contribution < -0.4 is 0 Å². The average Bonchev–Trinajstić information content (AvgIpc) is 2.95. The van der Waals surface area contributed by atoms with Gasteiger partial charge >= 0.3 is 5.97 Å². The van der Waals surface area contributed by atoms with Gasteiger partial charge in [0.15, 0.2) is 0 Å². The summed E-state index contributed by atoms with van der Waals surface area (Å²) < 4.78 is 5.38. The molecule has 1 N–H and O–H groups in total. The van der Waals surface area contributed by atoms with E-state index >= 15 is 0 Å². The van der Waals surface area contributed by atoms with Gasteiger partial charge in [0.25, 0.3) is 0 Å². The first-order valence-electron chi connectivity index (χ1n) is 7.23. The number of carbonyl (C=O) groups is 1. The van der Waals surface area contributed by atoms with Crippen molar-refractivity contribution in [3.05, 3.63) is 35.9 Å². The summed E-state index contributed by atoms with van der Waals surface area (Å²) in [6.07, 6.45) is 0. The first-order valence-corrected chi connectivity index (χ1v) is 7.23. The van der Waals surface area contributed by atoms with Crippen LogP contribution in [0.1, 0.15) is 25.3 Å². The molecule has 1 aliphatic rings. The number of ether oxygens (including phenoxy) is 1. The molecule has 0 bridgehead atoms. The van der Waals surface area contributed by atoms with Crippen molar-refractivity contribution in [1.82, 2.24) is 4.90 Å². The number of carboxylic acids is 1. The lowest BCUT2D eigenvalue weighted by molar-refractivity contribution is -0.143. The third kappa shape index (κ3) is 3.38. The summed E-state index contributed by atoms with van der Waals surface area (Å²) in [6, 6.07) is 10.3. The molecular weight excluding hydrogens is 254 g/mol. The minimum Gasteiger partial charge on any atom is -0.481 e. The van der Waals surface area contributed by atoms with E-state index in [-0.39, 0.29) is 6.04 Å². The maximum absolute atomic E-state index is 11.3.